The second-order valence-electron chi connectivity index (χ2n) is 3.38. The Morgan fingerprint density at radius 1 is 1.38 bits per heavy atom. The average Bonchev–Trinajstić information content (AvgIpc) is 2.29. The Labute approximate surface area is 94.2 Å². The molecule has 0 aliphatic carbocycles. The quantitative estimate of drug-likeness (QED) is 0.724. The summed E-state index contributed by atoms with van der Waals surface area (Å²) < 4.78 is 22.8. The fourth-order valence-electron chi connectivity index (χ4n) is 1.09. The van der Waals surface area contributed by atoms with Gasteiger partial charge in [0.1, 0.15) is 11.6 Å². The monoisotopic (exact) mass is 226 g/mol. The molecule has 0 saturated heterocycles. The van der Waals surface area contributed by atoms with E-state index >= 15 is 0 Å². The molecule has 0 spiro atoms. The van der Waals surface area contributed by atoms with Crippen molar-refractivity contribution in [3.05, 3.63) is 30.1 Å². The van der Waals surface area contributed by atoms with Crippen LogP contribution in [0.15, 0.2) is 24.3 Å². The topological polar surface area (TPSA) is 35.5 Å². The van der Waals surface area contributed by atoms with E-state index in [0.717, 1.165) is 6.42 Å². The zero-order valence-corrected chi connectivity index (χ0v) is 9.40. The molecule has 0 heterocycles. The molecule has 0 amide bonds. The summed E-state index contributed by atoms with van der Waals surface area (Å²) in [5.74, 6) is -0.304. The van der Waals surface area contributed by atoms with Crippen molar-refractivity contribution in [1.29, 1.82) is 0 Å². The van der Waals surface area contributed by atoms with Crippen molar-refractivity contribution in [3.8, 4) is 5.75 Å². The lowest BCUT2D eigenvalue weighted by Gasteiger charge is -2.13. The van der Waals surface area contributed by atoms with Crippen molar-refractivity contribution >= 4 is 5.97 Å². The number of hydrogen-bond acceptors (Lipinski definition) is 3. The molecule has 0 aliphatic rings. The third kappa shape index (κ3) is 3.88. The fraction of sp³-hybridized carbons (Fsp3) is 0.417. The molecule has 0 aromatic heterocycles. The second-order valence-corrected chi connectivity index (χ2v) is 3.38. The van der Waals surface area contributed by atoms with E-state index in [2.05, 4.69) is 0 Å². The summed E-state index contributed by atoms with van der Waals surface area (Å²) in [5.41, 5.74) is 0. The fourth-order valence-corrected chi connectivity index (χ4v) is 1.09. The molecular weight excluding hydrogens is 211 g/mol. The van der Waals surface area contributed by atoms with Gasteiger partial charge in [0, 0.05) is 0 Å². The summed E-state index contributed by atoms with van der Waals surface area (Å²) in [5, 5.41) is 0. The van der Waals surface area contributed by atoms with Crippen molar-refractivity contribution < 1.29 is 18.7 Å². The van der Waals surface area contributed by atoms with Crippen molar-refractivity contribution in [3.63, 3.8) is 0 Å². The number of halogens is 1. The van der Waals surface area contributed by atoms with Crippen molar-refractivity contribution in [1.82, 2.24) is 0 Å². The molecule has 1 unspecified atom stereocenters. The van der Waals surface area contributed by atoms with Gasteiger partial charge in [0.25, 0.3) is 0 Å². The predicted molar refractivity (Wildman–Crippen MR) is 57.7 cm³/mol. The minimum absolute atomic E-state index is 0.339. The normalized spacial score (nSPS) is 11.9. The van der Waals surface area contributed by atoms with Gasteiger partial charge < -0.3 is 9.47 Å². The Morgan fingerprint density at radius 3 is 2.56 bits per heavy atom. The molecule has 1 atom stereocenters. The lowest BCUT2D eigenvalue weighted by Crippen LogP contribution is -2.26. The molecule has 0 radical (unpaired) electrons. The smallest absolute Gasteiger partial charge is 0.347 e. The molecule has 1 aromatic rings. The number of benzene rings is 1. The molecule has 1 aromatic carbocycles. The largest absolute Gasteiger partial charge is 0.479 e. The van der Waals surface area contributed by atoms with Crippen LogP contribution in [-0.4, -0.2) is 18.7 Å². The van der Waals surface area contributed by atoms with Gasteiger partial charge in [-0.1, -0.05) is 6.92 Å². The Balaban J connectivity index is 2.47. The van der Waals surface area contributed by atoms with Crippen LogP contribution in [0.5, 0.6) is 5.75 Å². The van der Waals surface area contributed by atoms with E-state index in [1.54, 1.807) is 6.92 Å². The SMILES string of the molecule is CCCOC(=O)C(C)Oc1ccc(F)cc1. The maximum absolute atomic E-state index is 12.6. The molecule has 4 heteroatoms. The summed E-state index contributed by atoms with van der Waals surface area (Å²) in [6.07, 6.45) is 0.0895. The summed E-state index contributed by atoms with van der Waals surface area (Å²) >= 11 is 0. The second kappa shape index (κ2) is 6.10. The van der Waals surface area contributed by atoms with Crippen LogP contribution in [0.4, 0.5) is 4.39 Å². The van der Waals surface area contributed by atoms with Crippen LogP contribution in [-0.2, 0) is 9.53 Å². The van der Waals surface area contributed by atoms with Crippen LogP contribution < -0.4 is 4.74 Å². The van der Waals surface area contributed by atoms with Gasteiger partial charge in [-0.3, -0.25) is 0 Å². The Kier molecular flexibility index (Phi) is 4.76. The van der Waals surface area contributed by atoms with E-state index in [1.807, 2.05) is 6.92 Å². The van der Waals surface area contributed by atoms with Gasteiger partial charge in [-0.15, -0.1) is 0 Å². The number of ether oxygens (including phenoxy) is 2. The van der Waals surface area contributed by atoms with E-state index in [0.29, 0.717) is 12.4 Å². The van der Waals surface area contributed by atoms with Gasteiger partial charge in [-0.05, 0) is 37.6 Å². The van der Waals surface area contributed by atoms with Gasteiger partial charge in [-0.25, -0.2) is 9.18 Å². The molecule has 0 saturated carbocycles. The Hall–Kier alpha value is -1.58. The predicted octanol–water partition coefficient (Wildman–Crippen LogP) is 2.55. The standard InChI is InChI=1S/C12H15FO3/c1-3-8-15-12(14)9(2)16-11-6-4-10(13)5-7-11/h4-7,9H,3,8H2,1-2H3. The van der Waals surface area contributed by atoms with E-state index in [-0.39, 0.29) is 5.82 Å². The van der Waals surface area contributed by atoms with E-state index < -0.39 is 12.1 Å². The Morgan fingerprint density at radius 2 is 2.00 bits per heavy atom. The van der Waals surface area contributed by atoms with Crippen LogP contribution in [0.1, 0.15) is 20.3 Å². The summed E-state index contributed by atoms with van der Waals surface area (Å²) in [4.78, 5) is 11.4. The highest BCUT2D eigenvalue weighted by Gasteiger charge is 2.15. The first kappa shape index (κ1) is 12.5. The van der Waals surface area contributed by atoms with Gasteiger partial charge in [-0.2, -0.15) is 0 Å². The highest BCUT2D eigenvalue weighted by molar-refractivity contribution is 5.74. The zero-order valence-electron chi connectivity index (χ0n) is 9.40. The molecule has 16 heavy (non-hydrogen) atoms. The van der Waals surface area contributed by atoms with Crippen molar-refractivity contribution in [2.24, 2.45) is 0 Å². The van der Waals surface area contributed by atoms with Gasteiger partial charge in [0.15, 0.2) is 6.10 Å². The lowest BCUT2D eigenvalue weighted by atomic mass is 10.3. The van der Waals surface area contributed by atoms with Crippen LogP contribution in [0, 0.1) is 5.82 Å². The van der Waals surface area contributed by atoms with Crippen LogP contribution in [0.2, 0.25) is 0 Å². The molecule has 0 N–H and O–H groups in total. The lowest BCUT2D eigenvalue weighted by molar-refractivity contribution is -0.151. The first-order valence-electron chi connectivity index (χ1n) is 5.22. The third-order valence-corrected chi connectivity index (χ3v) is 1.91. The van der Waals surface area contributed by atoms with E-state index in [1.165, 1.54) is 24.3 Å². The minimum atomic E-state index is -0.683. The number of rotatable bonds is 5. The van der Waals surface area contributed by atoms with E-state index in [9.17, 15) is 9.18 Å². The number of hydrogen-bond donors (Lipinski definition) is 0. The molecule has 0 aliphatic heterocycles. The summed E-state index contributed by atoms with van der Waals surface area (Å²) in [6.45, 7) is 3.90. The van der Waals surface area contributed by atoms with Crippen molar-refractivity contribution in [2.45, 2.75) is 26.4 Å². The van der Waals surface area contributed by atoms with Gasteiger partial charge >= 0.3 is 5.97 Å². The number of carbonyl (C=O) groups excluding carboxylic acids is 1. The number of carbonyl (C=O) groups is 1. The summed E-state index contributed by atoms with van der Waals surface area (Å²) in [7, 11) is 0. The summed E-state index contributed by atoms with van der Waals surface area (Å²) in [6, 6.07) is 5.50. The van der Waals surface area contributed by atoms with Gasteiger partial charge in [0.05, 0.1) is 6.61 Å². The van der Waals surface area contributed by atoms with Crippen LogP contribution in [0.25, 0.3) is 0 Å². The Bertz CT molecular complexity index is 335. The van der Waals surface area contributed by atoms with Gasteiger partial charge in [0.2, 0.25) is 0 Å². The van der Waals surface area contributed by atoms with Crippen LogP contribution >= 0.6 is 0 Å². The molecule has 88 valence electrons. The molecule has 1 rings (SSSR count). The maximum atomic E-state index is 12.6. The van der Waals surface area contributed by atoms with Crippen molar-refractivity contribution in [2.75, 3.05) is 6.61 Å². The number of esters is 1. The van der Waals surface area contributed by atoms with Crippen LogP contribution in [0.3, 0.4) is 0 Å². The molecule has 0 bridgehead atoms. The highest BCUT2D eigenvalue weighted by atomic mass is 19.1. The first-order chi connectivity index (χ1) is 7.63. The van der Waals surface area contributed by atoms with E-state index in [4.69, 9.17) is 9.47 Å². The highest BCUT2D eigenvalue weighted by Crippen LogP contribution is 2.13. The average molecular weight is 226 g/mol. The minimum Gasteiger partial charge on any atom is -0.479 e. The third-order valence-electron chi connectivity index (χ3n) is 1.91. The molecule has 3 nitrogen and oxygen atoms in total. The molecule has 0 fully saturated rings. The first-order valence-corrected chi connectivity index (χ1v) is 5.22. The maximum Gasteiger partial charge on any atom is 0.347 e. The zero-order chi connectivity index (χ0) is 12.0. The molecular formula is C12H15FO3.